The Balaban J connectivity index is 2.24. The molecule has 35 heavy (non-hydrogen) atoms. The number of rotatable bonds is 10. The summed E-state index contributed by atoms with van der Waals surface area (Å²) in [4.78, 5) is 29.8. The molecule has 9 heteroatoms. The summed E-state index contributed by atoms with van der Waals surface area (Å²) in [6.07, 6.45) is 0. The summed E-state index contributed by atoms with van der Waals surface area (Å²) in [7, 11) is 8.23. The largest absolute Gasteiger partial charge is 0.507 e. The van der Waals surface area contributed by atoms with Crippen LogP contribution >= 0.6 is 0 Å². The van der Waals surface area contributed by atoms with E-state index in [4.69, 9.17) is 18.9 Å². The lowest BCUT2D eigenvalue weighted by Gasteiger charge is -2.27. The fourth-order valence-electron chi connectivity index (χ4n) is 4.08. The number of nitrogens with zero attached hydrogens (tertiary/aromatic N) is 2. The summed E-state index contributed by atoms with van der Waals surface area (Å²) >= 11 is 0. The predicted octanol–water partition coefficient (Wildman–Crippen LogP) is 3.09. The Morgan fingerprint density at radius 1 is 1.03 bits per heavy atom. The highest BCUT2D eigenvalue weighted by Gasteiger charge is 2.46. The third-order valence-corrected chi connectivity index (χ3v) is 5.75. The van der Waals surface area contributed by atoms with Crippen LogP contribution in [0, 0.1) is 0 Å². The van der Waals surface area contributed by atoms with Gasteiger partial charge in [0, 0.05) is 18.7 Å². The number of carbonyl (C=O) groups is 2. The molecule has 0 radical (unpaired) electrons. The number of likely N-dealkylation sites (tertiary alicyclic amines) is 1. The molecule has 1 unspecified atom stereocenters. The monoisotopic (exact) mass is 484 g/mol. The lowest BCUT2D eigenvalue weighted by Crippen LogP contribution is -2.35. The number of amides is 1. The second-order valence-electron chi connectivity index (χ2n) is 8.22. The maximum absolute atomic E-state index is 13.3. The fraction of sp³-hybridized carbons (Fsp3) is 0.385. The van der Waals surface area contributed by atoms with Crippen molar-refractivity contribution in [1.82, 2.24) is 9.80 Å². The Morgan fingerprint density at radius 3 is 2.23 bits per heavy atom. The zero-order valence-corrected chi connectivity index (χ0v) is 21.0. The van der Waals surface area contributed by atoms with Gasteiger partial charge in [-0.05, 0) is 50.8 Å². The first-order valence-electron chi connectivity index (χ1n) is 11.2. The quantitative estimate of drug-likeness (QED) is 0.312. The lowest BCUT2D eigenvalue weighted by atomic mass is 9.94. The molecule has 1 fully saturated rings. The molecule has 0 bridgehead atoms. The molecule has 1 heterocycles. The first-order valence-corrected chi connectivity index (χ1v) is 11.2. The normalized spacial score (nSPS) is 17.1. The number of Topliss-reactive ketones (excluding diaryl/α,β-unsaturated/α-hetero) is 1. The molecule has 1 aliphatic rings. The SMILES string of the molecule is CCOc1cccc(/C(O)=C2\C(=O)C(=O)N(CCN(C)C)C2c2cc(OC)c(OC)c(OC)c2)c1. The van der Waals surface area contributed by atoms with Crippen LogP contribution in [0.2, 0.25) is 0 Å². The van der Waals surface area contributed by atoms with Gasteiger partial charge in [-0.25, -0.2) is 0 Å². The number of aliphatic hydroxyl groups is 1. The second kappa shape index (κ2) is 11.1. The highest BCUT2D eigenvalue weighted by Crippen LogP contribution is 2.45. The minimum Gasteiger partial charge on any atom is -0.507 e. The third-order valence-electron chi connectivity index (χ3n) is 5.75. The predicted molar refractivity (Wildman–Crippen MR) is 131 cm³/mol. The third kappa shape index (κ3) is 5.19. The van der Waals surface area contributed by atoms with Gasteiger partial charge >= 0.3 is 0 Å². The highest BCUT2D eigenvalue weighted by molar-refractivity contribution is 6.46. The van der Waals surface area contributed by atoms with Crippen molar-refractivity contribution in [3.8, 4) is 23.0 Å². The molecule has 188 valence electrons. The number of ketones is 1. The van der Waals surface area contributed by atoms with E-state index in [1.54, 1.807) is 36.4 Å². The van der Waals surface area contributed by atoms with E-state index in [0.29, 0.717) is 47.3 Å². The van der Waals surface area contributed by atoms with E-state index in [-0.39, 0.29) is 17.9 Å². The number of likely N-dealkylation sites (N-methyl/N-ethyl adjacent to an activating group) is 1. The van der Waals surface area contributed by atoms with E-state index < -0.39 is 17.7 Å². The van der Waals surface area contributed by atoms with Crippen LogP contribution in [-0.4, -0.2) is 81.7 Å². The standard InChI is InChI=1S/C26H32N2O7/c1-7-35-18-10-8-9-16(13-18)23(29)21-22(28(12-11-27(2)3)26(31)24(21)30)17-14-19(32-4)25(34-6)20(15-17)33-5/h8-10,13-15,22,29H,7,11-12H2,1-6H3/b23-21+. The van der Waals surface area contributed by atoms with Gasteiger partial charge in [-0.15, -0.1) is 0 Å². The highest BCUT2D eigenvalue weighted by atomic mass is 16.5. The van der Waals surface area contributed by atoms with Crippen molar-refractivity contribution in [3.63, 3.8) is 0 Å². The van der Waals surface area contributed by atoms with E-state index in [0.717, 1.165) is 0 Å². The lowest BCUT2D eigenvalue weighted by molar-refractivity contribution is -0.140. The molecule has 0 aromatic heterocycles. The maximum atomic E-state index is 13.3. The van der Waals surface area contributed by atoms with E-state index in [1.165, 1.54) is 26.2 Å². The van der Waals surface area contributed by atoms with Crippen molar-refractivity contribution in [2.24, 2.45) is 0 Å². The Morgan fingerprint density at radius 2 is 1.69 bits per heavy atom. The molecule has 0 spiro atoms. The van der Waals surface area contributed by atoms with Gasteiger partial charge < -0.3 is 33.9 Å². The van der Waals surface area contributed by atoms with Gasteiger partial charge in [-0.1, -0.05) is 12.1 Å². The number of hydrogen-bond donors (Lipinski definition) is 1. The Bertz CT molecular complexity index is 1100. The van der Waals surface area contributed by atoms with Gasteiger partial charge in [0.2, 0.25) is 5.75 Å². The molecule has 0 aliphatic carbocycles. The fourth-order valence-corrected chi connectivity index (χ4v) is 4.08. The number of carbonyl (C=O) groups excluding carboxylic acids is 2. The zero-order valence-electron chi connectivity index (χ0n) is 21.0. The molecular weight excluding hydrogens is 452 g/mol. The van der Waals surface area contributed by atoms with Crippen LogP contribution < -0.4 is 18.9 Å². The van der Waals surface area contributed by atoms with Gasteiger partial charge in [0.05, 0.1) is 39.6 Å². The van der Waals surface area contributed by atoms with E-state index in [9.17, 15) is 14.7 Å². The molecule has 2 aromatic rings. The summed E-state index contributed by atoms with van der Waals surface area (Å²) < 4.78 is 22.0. The van der Waals surface area contributed by atoms with Crippen molar-refractivity contribution in [1.29, 1.82) is 0 Å². The number of aliphatic hydroxyl groups excluding tert-OH is 1. The summed E-state index contributed by atoms with van der Waals surface area (Å²) in [5.41, 5.74) is 0.899. The first-order chi connectivity index (χ1) is 16.8. The van der Waals surface area contributed by atoms with Crippen molar-refractivity contribution < 1.29 is 33.6 Å². The van der Waals surface area contributed by atoms with Gasteiger partial charge in [0.25, 0.3) is 11.7 Å². The molecule has 1 N–H and O–H groups in total. The Hall–Kier alpha value is -3.72. The van der Waals surface area contributed by atoms with Gasteiger partial charge in [-0.2, -0.15) is 0 Å². The number of hydrogen-bond acceptors (Lipinski definition) is 8. The molecular formula is C26H32N2O7. The van der Waals surface area contributed by atoms with Crippen LogP contribution in [0.15, 0.2) is 42.0 Å². The van der Waals surface area contributed by atoms with Crippen molar-refractivity contribution in [3.05, 3.63) is 53.1 Å². The summed E-state index contributed by atoms with van der Waals surface area (Å²) in [6, 6.07) is 9.28. The first kappa shape index (κ1) is 25.9. The minimum atomic E-state index is -0.862. The van der Waals surface area contributed by atoms with Crippen LogP contribution in [0.1, 0.15) is 24.1 Å². The number of benzene rings is 2. The topological polar surface area (TPSA) is 97.8 Å². The van der Waals surface area contributed by atoms with Crippen LogP contribution in [0.3, 0.4) is 0 Å². The van der Waals surface area contributed by atoms with Gasteiger partial charge in [0.1, 0.15) is 11.5 Å². The summed E-state index contributed by atoms with van der Waals surface area (Å²) in [6.45, 7) is 3.10. The van der Waals surface area contributed by atoms with Crippen LogP contribution in [0.25, 0.3) is 5.76 Å². The molecule has 1 atom stereocenters. The average molecular weight is 485 g/mol. The van der Waals surface area contributed by atoms with Crippen LogP contribution in [0.4, 0.5) is 0 Å². The summed E-state index contributed by atoms with van der Waals surface area (Å²) in [5, 5.41) is 11.3. The number of methoxy groups -OCH3 is 3. The zero-order chi connectivity index (χ0) is 25.7. The summed E-state index contributed by atoms with van der Waals surface area (Å²) in [5.74, 6) is -0.0566. The van der Waals surface area contributed by atoms with E-state index >= 15 is 0 Å². The van der Waals surface area contributed by atoms with Crippen molar-refractivity contribution >= 4 is 17.4 Å². The minimum absolute atomic E-state index is 0.0170. The van der Waals surface area contributed by atoms with Crippen LogP contribution in [-0.2, 0) is 9.59 Å². The maximum Gasteiger partial charge on any atom is 0.295 e. The molecule has 1 saturated heterocycles. The Kier molecular flexibility index (Phi) is 8.24. The average Bonchev–Trinajstić information content (AvgIpc) is 3.11. The number of ether oxygens (including phenoxy) is 4. The molecule has 1 aliphatic heterocycles. The molecule has 9 nitrogen and oxygen atoms in total. The Labute approximate surface area is 205 Å². The molecule has 0 saturated carbocycles. The molecule has 3 rings (SSSR count). The smallest absolute Gasteiger partial charge is 0.295 e. The second-order valence-corrected chi connectivity index (χ2v) is 8.22. The van der Waals surface area contributed by atoms with Gasteiger partial charge in [0.15, 0.2) is 11.5 Å². The molecule has 1 amide bonds. The van der Waals surface area contributed by atoms with Crippen LogP contribution in [0.5, 0.6) is 23.0 Å². The van der Waals surface area contributed by atoms with Gasteiger partial charge in [-0.3, -0.25) is 9.59 Å². The van der Waals surface area contributed by atoms with Crippen molar-refractivity contribution in [2.45, 2.75) is 13.0 Å². The van der Waals surface area contributed by atoms with E-state index in [2.05, 4.69) is 0 Å². The van der Waals surface area contributed by atoms with E-state index in [1.807, 2.05) is 25.9 Å². The molecule has 2 aromatic carbocycles. The van der Waals surface area contributed by atoms with Crippen molar-refractivity contribution in [2.75, 3.05) is 55.1 Å².